The molecule has 0 spiro atoms. The molecule has 5 nitrogen and oxygen atoms in total. The van der Waals surface area contributed by atoms with E-state index in [1.54, 1.807) is 18.2 Å². The van der Waals surface area contributed by atoms with Gasteiger partial charge in [-0.15, -0.1) is 0 Å². The highest BCUT2D eigenvalue weighted by Crippen LogP contribution is 2.28. The molecule has 2 aliphatic rings. The minimum absolute atomic E-state index is 0.0686. The Morgan fingerprint density at radius 3 is 2.48 bits per heavy atom. The quantitative estimate of drug-likeness (QED) is 0.726. The lowest BCUT2D eigenvalue weighted by Crippen LogP contribution is -2.47. The van der Waals surface area contributed by atoms with Gasteiger partial charge in [0.1, 0.15) is 0 Å². The molecule has 2 aliphatic heterocycles. The summed E-state index contributed by atoms with van der Waals surface area (Å²) >= 11 is 12.0. The van der Waals surface area contributed by atoms with E-state index in [0.29, 0.717) is 47.5 Å². The van der Waals surface area contributed by atoms with Gasteiger partial charge in [-0.1, -0.05) is 36.2 Å². The Hall–Kier alpha value is -0.820. The molecule has 150 valence electrons. The van der Waals surface area contributed by atoms with Crippen LogP contribution in [0.3, 0.4) is 0 Å². The van der Waals surface area contributed by atoms with Crippen molar-refractivity contribution >= 4 is 39.1 Å². The largest absolute Gasteiger partial charge is 0.342 e. The maximum atomic E-state index is 12.8. The monoisotopic (exact) mass is 432 g/mol. The van der Waals surface area contributed by atoms with E-state index in [4.69, 9.17) is 23.2 Å². The van der Waals surface area contributed by atoms with Gasteiger partial charge in [-0.3, -0.25) is 4.79 Å². The van der Waals surface area contributed by atoms with E-state index in [9.17, 15) is 13.2 Å². The highest BCUT2D eigenvalue weighted by molar-refractivity contribution is 7.88. The standard InChI is InChI=1S/C19H26Cl2N2O3S/c1-14-3-2-8-22(12-14)19(24)15-6-9-23(10-7-15)27(25,26)13-16-4-5-17(20)11-18(16)21/h4-5,11,14-15H,2-3,6-10,12-13H2,1H3. The Bertz CT molecular complexity index is 792. The molecule has 0 bridgehead atoms. The number of sulfonamides is 1. The second kappa shape index (κ2) is 8.68. The van der Waals surface area contributed by atoms with Crippen LogP contribution in [-0.4, -0.2) is 49.7 Å². The molecule has 0 N–H and O–H groups in total. The van der Waals surface area contributed by atoms with E-state index in [1.807, 2.05) is 4.90 Å². The summed E-state index contributed by atoms with van der Waals surface area (Å²) in [5.41, 5.74) is 0.543. The Morgan fingerprint density at radius 2 is 1.85 bits per heavy atom. The zero-order chi connectivity index (χ0) is 19.6. The first kappa shape index (κ1) is 20.9. The topological polar surface area (TPSA) is 57.7 Å². The number of carbonyl (C=O) groups excluding carboxylic acids is 1. The number of amides is 1. The number of halogens is 2. The van der Waals surface area contributed by atoms with E-state index in [-0.39, 0.29) is 17.6 Å². The van der Waals surface area contributed by atoms with E-state index >= 15 is 0 Å². The summed E-state index contributed by atoms with van der Waals surface area (Å²) in [7, 11) is -3.47. The molecule has 1 aromatic rings. The van der Waals surface area contributed by atoms with Crippen molar-refractivity contribution in [2.24, 2.45) is 11.8 Å². The lowest BCUT2D eigenvalue weighted by Gasteiger charge is -2.36. The van der Waals surface area contributed by atoms with Crippen LogP contribution in [0.2, 0.25) is 10.0 Å². The first-order valence-corrected chi connectivity index (χ1v) is 11.8. The molecule has 3 rings (SSSR count). The SMILES string of the molecule is CC1CCCN(C(=O)C2CCN(S(=O)(=O)Cc3ccc(Cl)cc3Cl)CC2)C1. The molecule has 1 aromatic carbocycles. The molecule has 8 heteroatoms. The van der Waals surface area contributed by atoms with Gasteiger partial charge in [-0.2, -0.15) is 0 Å². The van der Waals surface area contributed by atoms with Crippen molar-refractivity contribution in [3.05, 3.63) is 33.8 Å². The molecule has 27 heavy (non-hydrogen) atoms. The highest BCUT2D eigenvalue weighted by Gasteiger charge is 2.34. The molecule has 1 amide bonds. The van der Waals surface area contributed by atoms with E-state index in [1.165, 1.54) is 10.7 Å². The van der Waals surface area contributed by atoms with Gasteiger partial charge in [-0.05, 0) is 49.3 Å². The minimum Gasteiger partial charge on any atom is -0.342 e. The van der Waals surface area contributed by atoms with Crippen molar-refractivity contribution in [1.82, 2.24) is 9.21 Å². The van der Waals surface area contributed by atoms with Crippen LogP contribution < -0.4 is 0 Å². The predicted octanol–water partition coefficient (Wildman–Crippen LogP) is 3.79. The normalized spacial score (nSPS) is 22.8. The minimum atomic E-state index is -3.47. The summed E-state index contributed by atoms with van der Waals surface area (Å²) in [6.07, 6.45) is 3.39. The summed E-state index contributed by atoms with van der Waals surface area (Å²) in [5, 5.41) is 0.836. The van der Waals surface area contributed by atoms with Crippen LogP contribution in [0, 0.1) is 11.8 Å². The number of rotatable bonds is 4. The molecule has 2 saturated heterocycles. The third-order valence-corrected chi connectivity index (χ3v) is 7.93. The van der Waals surface area contributed by atoms with Crippen molar-refractivity contribution in [2.75, 3.05) is 26.2 Å². The molecule has 0 radical (unpaired) electrons. The number of benzene rings is 1. The van der Waals surface area contributed by atoms with Gasteiger partial charge in [0.25, 0.3) is 0 Å². The summed E-state index contributed by atoms with van der Waals surface area (Å²) in [5.74, 6) is 0.526. The smallest absolute Gasteiger partial charge is 0.225 e. The molecule has 2 heterocycles. The maximum Gasteiger partial charge on any atom is 0.225 e. The van der Waals surface area contributed by atoms with Crippen LogP contribution in [0.1, 0.15) is 38.2 Å². The van der Waals surface area contributed by atoms with Crippen LogP contribution in [0.4, 0.5) is 0 Å². The maximum absolute atomic E-state index is 12.8. The van der Waals surface area contributed by atoms with E-state index in [2.05, 4.69) is 6.92 Å². The predicted molar refractivity (Wildman–Crippen MR) is 108 cm³/mol. The fraction of sp³-hybridized carbons (Fsp3) is 0.632. The van der Waals surface area contributed by atoms with Gasteiger partial charge in [0.15, 0.2) is 0 Å². The Kier molecular flexibility index (Phi) is 6.72. The summed E-state index contributed by atoms with van der Waals surface area (Å²) in [4.78, 5) is 14.7. The number of piperidine rings is 2. The first-order chi connectivity index (χ1) is 12.8. The van der Waals surface area contributed by atoms with Gasteiger partial charge in [-0.25, -0.2) is 12.7 Å². The molecule has 0 aliphatic carbocycles. The van der Waals surface area contributed by atoms with Gasteiger partial charge in [0, 0.05) is 42.1 Å². The lowest BCUT2D eigenvalue weighted by molar-refractivity contribution is -0.138. The van der Waals surface area contributed by atoms with Crippen molar-refractivity contribution in [2.45, 2.75) is 38.4 Å². The van der Waals surface area contributed by atoms with Gasteiger partial charge in [0.2, 0.25) is 15.9 Å². The van der Waals surface area contributed by atoms with Crippen LogP contribution in [-0.2, 0) is 20.6 Å². The zero-order valence-electron chi connectivity index (χ0n) is 15.5. The molecule has 1 atom stereocenters. The molecule has 0 aromatic heterocycles. The van der Waals surface area contributed by atoms with Crippen molar-refractivity contribution in [3.63, 3.8) is 0 Å². The summed E-state index contributed by atoms with van der Waals surface area (Å²) < 4.78 is 27.0. The molecule has 1 unspecified atom stereocenters. The average Bonchev–Trinajstić information content (AvgIpc) is 2.63. The fourth-order valence-corrected chi connectivity index (χ4v) is 6.10. The van der Waals surface area contributed by atoms with Crippen LogP contribution >= 0.6 is 23.2 Å². The summed E-state index contributed by atoms with van der Waals surface area (Å²) in [6, 6.07) is 4.84. The van der Waals surface area contributed by atoms with Crippen molar-refractivity contribution < 1.29 is 13.2 Å². The van der Waals surface area contributed by atoms with Crippen LogP contribution in [0.5, 0.6) is 0 Å². The zero-order valence-corrected chi connectivity index (χ0v) is 17.9. The lowest BCUT2D eigenvalue weighted by atomic mass is 9.93. The molecule has 0 saturated carbocycles. The third-order valence-electron chi connectivity index (χ3n) is 5.52. The van der Waals surface area contributed by atoms with Gasteiger partial charge < -0.3 is 4.90 Å². The van der Waals surface area contributed by atoms with E-state index < -0.39 is 10.0 Å². The molecular weight excluding hydrogens is 407 g/mol. The van der Waals surface area contributed by atoms with Gasteiger partial charge in [0.05, 0.1) is 5.75 Å². The number of carbonyl (C=O) groups is 1. The number of hydrogen-bond acceptors (Lipinski definition) is 3. The van der Waals surface area contributed by atoms with Crippen molar-refractivity contribution in [3.8, 4) is 0 Å². The van der Waals surface area contributed by atoms with Gasteiger partial charge >= 0.3 is 0 Å². The van der Waals surface area contributed by atoms with Crippen LogP contribution in [0.25, 0.3) is 0 Å². The Labute approximate surface area is 171 Å². The summed E-state index contributed by atoms with van der Waals surface area (Å²) in [6.45, 7) is 4.60. The Morgan fingerprint density at radius 1 is 1.15 bits per heavy atom. The van der Waals surface area contributed by atoms with Crippen LogP contribution in [0.15, 0.2) is 18.2 Å². The fourth-order valence-electron chi connectivity index (χ4n) is 3.96. The third kappa shape index (κ3) is 5.17. The average molecular weight is 433 g/mol. The molecule has 2 fully saturated rings. The number of nitrogens with zero attached hydrogens (tertiary/aromatic N) is 2. The number of hydrogen-bond donors (Lipinski definition) is 0. The van der Waals surface area contributed by atoms with Crippen molar-refractivity contribution in [1.29, 1.82) is 0 Å². The Balaban J connectivity index is 1.58. The highest BCUT2D eigenvalue weighted by atomic mass is 35.5. The molecular formula is C19H26Cl2N2O3S. The second-order valence-electron chi connectivity index (χ2n) is 7.70. The first-order valence-electron chi connectivity index (χ1n) is 9.47. The van der Waals surface area contributed by atoms with E-state index in [0.717, 1.165) is 19.5 Å². The number of likely N-dealkylation sites (tertiary alicyclic amines) is 1. The second-order valence-corrected chi connectivity index (χ2v) is 10.5.